The van der Waals surface area contributed by atoms with Crippen molar-refractivity contribution in [2.75, 3.05) is 5.75 Å². The van der Waals surface area contributed by atoms with Crippen molar-refractivity contribution in [2.24, 2.45) is 5.92 Å². The first-order valence-corrected chi connectivity index (χ1v) is 7.59. The van der Waals surface area contributed by atoms with Gasteiger partial charge in [0.1, 0.15) is 0 Å². The maximum atomic E-state index is 4.33. The van der Waals surface area contributed by atoms with E-state index in [2.05, 4.69) is 64.6 Å². The second-order valence-electron chi connectivity index (χ2n) is 5.27. The fourth-order valence-corrected chi connectivity index (χ4v) is 2.61. The summed E-state index contributed by atoms with van der Waals surface area (Å²) >= 11 is 4.33. The topological polar surface area (TPSA) is 0 Å². The summed E-state index contributed by atoms with van der Waals surface area (Å²) in [7, 11) is 0. The van der Waals surface area contributed by atoms with Crippen molar-refractivity contribution in [3.63, 3.8) is 0 Å². The summed E-state index contributed by atoms with van der Waals surface area (Å²) in [5.74, 6) is 1.69. The highest BCUT2D eigenvalue weighted by molar-refractivity contribution is 7.80. The third kappa shape index (κ3) is 4.53. The van der Waals surface area contributed by atoms with Crippen molar-refractivity contribution in [3.05, 3.63) is 40.5 Å². The minimum absolute atomic E-state index is 0.707. The Morgan fingerprint density at radius 1 is 1.22 bits per heavy atom. The Hall–Kier alpha value is -0.690. The van der Waals surface area contributed by atoms with Crippen molar-refractivity contribution < 1.29 is 0 Å². The number of allylic oxidation sites excluding steroid dienone is 1. The Balaban J connectivity index is 2.99. The van der Waals surface area contributed by atoms with E-state index < -0.39 is 0 Å². The minimum Gasteiger partial charge on any atom is -0.179 e. The zero-order chi connectivity index (χ0) is 13.5. The molecule has 0 aliphatic heterocycles. The predicted molar refractivity (Wildman–Crippen MR) is 86.6 cm³/mol. The van der Waals surface area contributed by atoms with E-state index in [-0.39, 0.29) is 0 Å². The van der Waals surface area contributed by atoms with Gasteiger partial charge in [-0.05, 0) is 67.0 Å². The van der Waals surface area contributed by atoms with Crippen LogP contribution in [0.4, 0.5) is 0 Å². The van der Waals surface area contributed by atoms with Crippen LogP contribution in [0.25, 0.3) is 6.08 Å². The van der Waals surface area contributed by atoms with Crippen LogP contribution in [0.2, 0.25) is 0 Å². The van der Waals surface area contributed by atoms with E-state index in [9.17, 15) is 0 Å². The van der Waals surface area contributed by atoms with E-state index in [1.165, 1.54) is 28.7 Å². The fraction of sp³-hybridized carbons (Fsp3) is 0.529. The average molecular weight is 262 g/mol. The molecule has 0 fully saturated rings. The van der Waals surface area contributed by atoms with E-state index in [1.807, 2.05) is 0 Å². The van der Waals surface area contributed by atoms with E-state index in [1.54, 1.807) is 0 Å². The normalized spacial score (nSPS) is 13.2. The van der Waals surface area contributed by atoms with E-state index in [4.69, 9.17) is 0 Å². The molecule has 0 aromatic heterocycles. The van der Waals surface area contributed by atoms with Gasteiger partial charge in [-0.2, -0.15) is 12.6 Å². The Morgan fingerprint density at radius 3 is 2.50 bits per heavy atom. The first-order valence-electron chi connectivity index (χ1n) is 6.96. The summed E-state index contributed by atoms with van der Waals surface area (Å²) in [5.41, 5.74) is 5.66. The largest absolute Gasteiger partial charge is 0.179 e. The average Bonchev–Trinajstić information content (AvgIpc) is 2.32. The molecule has 0 bridgehead atoms. The van der Waals surface area contributed by atoms with Gasteiger partial charge in [0.2, 0.25) is 0 Å². The van der Waals surface area contributed by atoms with Crippen molar-refractivity contribution >= 4 is 18.7 Å². The third-order valence-corrected chi connectivity index (χ3v) is 3.74. The van der Waals surface area contributed by atoms with Crippen LogP contribution in [-0.2, 0) is 6.42 Å². The number of thiol groups is 1. The molecule has 18 heavy (non-hydrogen) atoms. The molecule has 0 radical (unpaired) electrons. The van der Waals surface area contributed by atoms with Crippen LogP contribution in [0, 0.1) is 19.8 Å². The Labute approximate surface area is 118 Å². The molecular weight excluding hydrogens is 236 g/mol. The first-order chi connectivity index (χ1) is 8.58. The monoisotopic (exact) mass is 262 g/mol. The van der Waals surface area contributed by atoms with Gasteiger partial charge >= 0.3 is 0 Å². The van der Waals surface area contributed by atoms with Gasteiger partial charge in [0.05, 0.1) is 0 Å². The lowest BCUT2D eigenvalue weighted by Crippen LogP contribution is -2.03. The highest BCUT2D eigenvalue weighted by Crippen LogP contribution is 2.22. The molecule has 0 amide bonds. The molecule has 0 aliphatic carbocycles. The van der Waals surface area contributed by atoms with Gasteiger partial charge in [-0.1, -0.05) is 38.1 Å². The van der Waals surface area contributed by atoms with Crippen LogP contribution in [0.3, 0.4) is 0 Å². The standard InChI is InChI=1S/C17H26S/c1-5-6-7-16-11-14(3)15(4)12-17(16)10-13(2)8-9-18/h6-7,11-13,18H,5,8-10H2,1-4H3/b7-6-. The summed E-state index contributed by atoms with van der Waals surface area (Å²) in [4.78, 5) is 0. The summed E-state index contributed by atoms with van der Waals surface area (Å²) in [6, 6.07) is 4.68. The lowest BCUT2D eigenvalue weighted by molar-refractivity contribution is 0.565. The number of benzene rings is 1. The van der Waals surface area contributed by atoms with Crippen LogP contribution in [0.5, 0.6) is 0 Å². The molecule has 1 heteroatoms. The SMILES string of the molecule is CC/C=C\c1cc(C)c(C)cc1CC(C)CCS. The van der Waals surface area contributed by atoms with Crippen molar-refractivity contribution in [3.8, 4) is 0 Å². The van der Waals surface area contributed by atoms with Gasteiger partial charge in [-0.15, -0.1) is 0 Å². The van der Waals surface area contributed by atoms with E-state index >= 15 is 0 Å². The first kappa shape index (κ1) is 15.4. The highest BCUT2D eigenvalue weighted by Gasteiger charge is 2.08. The molecule has 0 spiro atoms. The molecule has 0 nitrogen and oxygen atoms in total. The Bertz CT molecular complexity index is 404. The number of hydrogen-bond acceptors (Lipinski definition) is 1. The summed E-state index contributed by atoms with van der Waals surface area (Å²) in [5, 5.41) is 0. The smallest absolute Gasteiger partial charge is 0.00953 e. The molecule has 1 aromatic carbocycles. The van der Waals surface area contributed by atoms with Crippen LogP contribution >= 0.6 is 12.6 Å². The van der Waals surface area contributed by atoms with Crippen LogP contribution in [0.1, 0.15) is 48.9 Å². The lowest BCUT2D eigenvalue weighted by Gasteiger charge is -2.14. The second-order valence-corrected chi connectivity index (χ2v) is 5.71. The highest BCUT2D eigenvalue weighted by atomic mass is 32.1. The number of rotatable bonds is 6. The molecule has 0 aliphatic rings. The summed E-state index contributed by atoms with van der Waals surface area (Å²) < 4.78 is 0. The van der Waals surface area contributed by atoms with Crippen LogP contribution < -0.4 is 0 Å². The van der Waals surface area contributed by atoms with Gasteiger partial charge in [-0.3, -0.25) is 0 Å². The number of hydrogen-bond donors (Lipinski definition) is 1. The summed E-state index contributed by atoms with van der Waals surface area (Å²) in [6.45, 7) is 8.90. The summed E-state index contributed by atoms with van der Waals surface area (Å²) in [6.07, 6.45) is 7.96. The molecule has 1 aromatic rings. The fourth-order valence-electron chi connectivity index (χ4n) is 2.17. The quantitative estimate of drug-likeness (QED) is 0.667. The second kappa shape index (κ2) is 7.68. The molecular formula is C17H26S. The van der Waals surface area contributed by atoms with Crippen LogP contribution in [0.15, 0.2) is 18.2 Å². The van der Waals surface area contributed by atoms with E-state index in [0.717, 1.165) is 18.6 Å². The minimum atomic E-state index is 0.707. The Kier molecular flexibility index (Phi) is 6.56. The van der Waals surface area contributed by atoms with Crippen molar-refractivity contribution in [1.82, 2.24) is 0 Å². The van der Waals surface area contributed by atoms with Gasteiger partial charge in [0.15, 0.2) is 0 Å². The zero-order valence-electron chi connectivity index (χ0n) is 12.2. The molecule has 100 valence electrons. The zero-order valence-corrected chi connectivity index (χ0v) is 13.1. The lowest BCUT2D eigenvalue weighted by atomic mass is 9.91. The molecule has 0 heterocycles. The molecule has 0 saturated heterocycles. The van der Waals surface area contributed by atoms with Gasteiger partial charge in [0, 0.05) is 0 Å². The number of aryl methyl sites for hydroxylation is 2. The maximum absolute atomic E-state index is 4.33. The van der Waals surface area contributed by atoms with Crippen LogP contribution in [-0.4, -0.2) is 5.75 Å². The van der Waals surface area contributed by atoms with E-state index in [0.29, 0.717) is 5.92 Å². The molecule has 0 saturated carbocycles. The van der Waals surface area contributed by atoms with Gasteiger partial charge in [0.25, 0.3) is 0 Å². The van der Waals surface area contributed by atoms with Gasteiger partial charge < -0.3 is 0 Å². The molecule has 0 N–H and O–H groups in total. The van der Waals surface area contributed by atoms with Crippen molar-refractivity contribution in [2.45, 2.75) is 47.0 Å². The molecule has 1 atom stereocenters. The van der Waals surface area contributed by atoms with Gasteiger partial charge in [-0.25, -0.2) is 0 Å². The molecule has 1 unspecified atom stereocenters. The Morgan fingerprint density at radius 2 is 1.89 bits per heavy atom. The third-order valence-electron chi connectivity index (χ3n) is 3.48. The maximum Gasteiger partial charge on any atom is -0.00953 e. The molecule has 1 rings (SSSR count). The van der Waals surface area contributed by atoms with Crippen molar-refractivity contribution in [1.29, 1.82) is 0 Å². The predicted octanol–water partition coefficient (Wildman–Crippen LogP) is 5.23.